The Morgan fingerprint density at radius 2 is 1.71 bits per heavy atom. The lowest BCUT2D eigenvalue weighted by Crippen LogP contribution is -2.51. The van der Waals surface area contributed by atoms with Gasteiger partial charge in [0.2, 0.25) is 5.91 Å². The third-order valence-electron chi connectivity index (χ3n) is 4.99. The summed E-state index contributed by atoms with van der Waals surface area (Å²) < 4.78 is 0. The number of anilines is 1. The van der Waals surface area contributed by atoms with Crippen molar-refractivity contribution in [3.63, 3.8) is 0 Å². The molecule has 7 heteroatoms. The zero-order chi connectivity index (χ0) is 20.3. The van der Waals surface area contributed by atoms with Crippen molar-refractivity contribution >= 4 is 23.5 Å². The average Bonchev–Trinajstić information content (AvgIpc) is 3.11. The molecule has 2 aromatic rings. The molecule has 3 rings (SSSR count). The van der Waals surface area contributed by atoms with Crippen LogP contribution < -0.4 is 15.5 Å². The number of likely N-dealkylation sites (N-methyl/N-ethyl adjacent to an activating group) is 1. The molecule has 1 aliphatic heterocycles. The van der Waals surface area contributed by atoms with Crippen molar-refractivity contribution in [2.45, 2.75) is 31.5 Å². The number of benzene rings is 2. The quantitative estimate of drug-likeness (QED) is 0.704. The zero-order valence-electron chi connectivity index (χ0n) is 15.8. The number of fused-ring (bicyclic) bond motifs is 1. The van der Waals surface area contributed by atoms with Gasteiger partial charge in [0.15, 0.2) is 0 Å². The fourth-order valence-corrected chi connectivity index (χ4v) is 3.33. The minimum atomic E-state index is -1.08. The van der Waals surface area contributed by atoms with E-state index in [0.717, 1.165) is 5.56 Å². The topological polar surface area (TPSA) is 98.7 Å². The normalized spacial score (nSPS) is 17.5. The first-order valence-corrected chi connectivity index (χ1v) is 9.10. The number of carbonyl (C=O) groups excluding carboxylic acids is 2. The molecule has 0 saturated carbocycles. The first kappa shape index (κ1) is 19.6. The number of rotatable bonds is 6. The second-order valence-corrected chi connectivity index (χ2v) is 6.76. The Bertz CT molecular complexity index is 884. The number of amides is 2. The zero-order valence-corrected chi connectivity index (χ0v) is 15.8. The van der Waals surface area contributed by atoms with E-state index in [1.54, 1.807) is 50.4 Å². The molecule has 0 aliphatic carbocycles. The highest BCUT2D eigenvalue weighted by Crippen LogP contribution is 2.34. The number of nitrogens with zero attached hydrogens (tertiary/aromatic N) is 1. The summed E-state index contributed by atoms with van der Waals surface area (Å²) in [5.74, 6) is -1.89. The first-order valence-electron chi connectivity index (χ1n) is 9.10. The Kier molecular flexibility index (Phi) is 5.75. The highest BCUT2D eigenvalue weighted by molar-refractivity contribution is 6.06. The van der Waals surface area contributed by atoms with Crippen molar-refractivity contribution in [2.75, 3.05) is 11.9 Å². The second-order valence-electron chi connectivity index (χ2n) is 6.76. The van der Waals surface area contributed by atoms with Gasteiger partial charge < -0.3 is 15.7 Å². The van der Waals surface area contributed by atoms with Crippen molar-refractivity contribution < 1.29 is 19.5 Å². The maximum absolute atomic E-state index is 13.5. The van der Waals surface area contributed by atoms with E-state index in [0.29, 0.717) is 11.3 Å². The molecule has 7 nitrogen and oxygen atoms in total. The summed E-state index contributed by atoms with van der Waals surface area (Å²) in [6.45, 7) is 1.69. The molecule has 2 amide bonds. The van der Waals surface area contributed by atoms with E-state index in [1.807, 2.05) is 18.2 Å². The third kappa shape index (κ3) is 3.75. The molecule has 1 heterocycles. The molecular formula is C21H23N3O4. The third-order valence-corrected chi connectivity index (χ3v) is 4.99. The highest BCUT2D eigenvalue weighted by atomic mass is 16.4. The number of para-hydroxylation sites is 1. The van der Waals surface area contributed by atoms with Gasteiger partial charge in [-0.25, -0.2) is 4.79 Å². The monoisotopic (exact) mass is 381 g/mol. The Hall–Kier alpha value is -3.19. The van der Waals surface area contributed by atoms with E-state index in [9.17, 15) is 19.5 Å². The number of carbonyl (C=O) groups is 3. The largest absolute Gasteiger partial charge is 0.480 e. The number of carboxylic acids is 1. The molecule has 146 valence electrons. The molecular weight excluding hydrogens is 358 g/mol. The number of hydrogen-bond acceptors (Lipinski definition) is 4. The standard InChI is InChI=1S/C21H23N3O4/c1-13(22-2)19(25)23-18(14-8-4-3-5-9-14)20(26)24-16-11-7-6-10-15(16)12-17(24)21(27)28/h3-11,13,17-18,22H,12H2,1-2H3,(H,23,25)(H,27,28)/t13-,17-,18-/m0/s1. The average molecular weight is 381 g/mol. The lowest BCUT2D eigenvalue weighted by molar-refractivity contribution is -0.140. The van der Waals surface area contributed by atoms with Gasteiger partial charge in [-0.15, -0.1) is 0 Å². The van der Waals surface area contributed by atoms with Crippen molar-refractivity contribution in [3.8, 4) is 0 Å². The maximum atomic E-state index is 13.5. The molecule has 0 saturated heterocycles. The van der Waals surface area contributed by atoms with Gasteiger partial charge in [-0.05, 0) is 31.2 Å². The molecule has 0 aromatic heterocycles. The van der Waals surface area contributed by atoms with Gasteiger partial charge in [0.05, 0.1) is 6.04 Å². The minimum Gasteiger partial charge on any atom is -0.480 e. The molecule has 0 spiro atoms. The van der Waals surface area contributed by atoms with Gasteiger partial charge in [0.25, 0.3) is 5.91 Å². The van der Waals surface area contributed by atoms with Crippen molar-refractivity contribution in [2.24, 2.45) is 0 Å². The lowest BCUT2D eigenvalue weighted by atomic mass is 10.0. The number of nitrogens with one attached hydrogen (secondary N) is 2. The summed E-state index contributed by atoms with van der Waals surface area (Å²) in [7, 11) is 1.65. The van der Waals surface area contributed by atoms with Gasteiger partial charge in [-0.3, -0.25) is 14.5 Å². The van der Waals surface area contributed by atoms with Crippen LogP contribution in [-0.2, 0) is 20.8 Å². The molecule has 0 unspecified atom stereocenters. The Morgan fingerprint density at radius 3 is 2.36 bits per heavy atom. The van der Waals surface area contributed by atoms with Crippen LogP contribution in [0.3, 0.4) is 0 Å². The van der Waals surface area contributed by atoms with Gasteiger partial charge in [-0.2, -0.15) is 0 Å². The molecule has 0 fully saturated rings. The Labute approximate surface area is 163 Å². The van der Waals surface area contributed by atoms with Gasteiger partial charge in [-0.1, -0.05) is 48.5 Å². The second kappa shape index (κ2) is 8.22. The van der Waals surface area contributed by atoms with E-state index in [2.05, 4.69) is 10.6 Å². The van der Waals surface area contributed by atoms with E-state index < -0.39 is 30.0 Å². The molecule has 0 radical (unpaired) electrons. The predicted molar refractivity (Wildman–Crippen MR) is 105 cm³/mol. The fourth-order valence-electron chi connectivity index (χ4n) is 3.33. The Balaban J connectivity index is 2.00. The first-order chi connectivity index (χ1) is 13.4. The maximum Gasteiger partial charge on any atom is 0.327 e. The van der Waals surface area contributed by atoms with Crippen molar-refractivity contribution in [3.05, 3.63) is 65.7 Å². The van der Waals surface area contributed by atoms with Crippen LogP contribution in [0.4, 0.5) is 5.69 Å². The summed E-state index contributed by atoms with van der Waals surface area (Å²) in [6, 6.07) is 13.5. The molecule has 0 bridgehead atoms. The van der Waals surface area contributed by atoms with Crippen LogP contribution in [0.5, 0.6) is 0 Å². The predicted octanol–water partition coefficient (Wildman–Crippen LogP) is 1.49. The van der Waals surface area contributed by atoms with E-state index in [-0.39, 0.29) is 12.3 Å². The smallest absolute Gasteiger partial charge is 0.327 e. The summed E-state index contributed by atoms with van der Waals surface area (Å²) in [5, 5.41) is 15.3. The number of hydrogen-bond donors (Lipinski definition) is 3. The molecule has 3 atom stereocenters. The van der Waals surface area contributed by atoms with E-state index in [4.69, 9.17) is 0 Å². The van der Waals surface area contributed by atoms with Crippen LogP contribution in [0.1, 0.15) is 24.1 Å². The summed E-state index contributed by atoms with van der Waals surface area (Å²) >= 11 is 0. The van der Waals surface area contributed by atoms with E-state index in [1.165, 1.54) is 4.90 Å². The minimum absolute atomic E-state index is 0.236. The SMILES string of the molecule is CN[C@@H](C)C(=O)N[C@H](C(=O)N1c2ccccc2C[C@H]1C(=O)O)c1ccccc1. The van der Waals surface area contributed by atoms with Crippen LogP contribution in [0, 0.1) is 0 Å². The van der Waals surface area contributed by atoms with Gasteiger partial charge in [0, 0.05) is 12.1 Å². The summed E-state index contributed by atoms with van der Waals surface area (Å²) in [4.78, 5) is 39.1. The van der Waals surface area contributed by atoms with E-state index >= 15 is 0 Å². The van der Waals surface area contributed by atoms with Crippen LogP contribution in [-0.4, -0.2) is 42.0 Å². The van der Waals surface area contributed by atoms with Crippen molar-refractivity contribution in [1.82, 2.24) is 10.6 Å². The highest BCUT2D eigenvalue weighted by Gasteiger charge is 2.41. The lowest BCUT2D eigenvalue weighted by Gasteiger charge is -2.29. The van der Waals surface area contributed by atoms with Crippen LogP contribution in [0.25, 0.3) is 0 Å². The summed E-state index contributed by atoms with van der Waals surface area (Å²) in [6.07, 6.45) is 0.236. The molecule has 3 N–H and O–H groups in total. The molecule has 1 aliphatic rings. The number of carboxylic acid groups (broad SMARTS) is 1. The van der Waals surface area contributed by atoms with Crippen LogP contribution in [0.2, 0.25) is 0 Å². The molecule has 2 aromatic carbocycles. The molecule has 28 heavy (non-hydrogen) atoms. The van der Waals surface area contributed by atoms with Crippen LogP contribution in [0.15, 0.2) is 54.6 Å². The van der Waals surface area contributed by atoms with Gasteiger partial charge >= 0.3 is 5.97 Å². The van der Waals surface area contributed by atoms with Crippen LogP contribution >= 0.6 is 0 Å². The fraction of sp³-hybridized carbons (Fsp3) is 0.286. The number of aliphatic carboxylic acids is 1. The van der Waals surface area contributed by atoms with Crippen molar-refractivity contribution in [1.29, 1.82) is 0 Å². The summed E-state index contributed by atoms with van der Waals surface area (Å²) in [5.41, 5.74) is 1.96. The Morgan fingerprint density at radius 1 is 1.07 bits per heavy atom. The van der Waals surface area contributed by atoms with Gasteiger partial charge in [0.1, 0.15) is 12.1 Å².